The Kier molecular flexibility index (Phi) is 3.15. The molecule has 4 heteroatoms. The van der Waals surface area contributed by atoms with Crippen molar-refractivity contribution in [1.82, 2.24) is 0 Å². The maximum Gasteiger partial charge on any atom is 0.148 e. The van der Waals surface area contributed by atoms with E-state index in [2.05, 4.69) is 5.16 Å². The van der Waals surface area contributed by atoms with E-state index < -0.39 is 0 Å². The van der Waals surface area contributed by atoms with Crippen LogP contribution in [0.1, 0.15) is 13.3 Å². The van der Waals surface area contributed by atoms with Crippen LogP contribution in [0.3, 0.4) is 0 Å². The lowest BCUT2D eigenvalue weighted by atomic mass is 10.1. The molecule has 3 nitrogen and oxygen atoms in total. The van der Waals surface area contributed by atoms with Gasteiger partial charge in [0.05, 0.1) is 17.7 Å². The molecule has 0 bridgehead atoms. The first kappa shape index (κ1) is 8.81. The van der Waals surface area contributed by atoms with Crippen molar-refractivity contribution in [3.05, 3.63) is 0 Å². The normalized spacial score (nSPS) is 26.1. The first-order valence-corrected chi connectivity index (χ1v) is 4.02. The molecule has 2 unspecified atom stereocenters. The molecule has 0 N–H and O–H groups in total. The lowest BCUT2D eigenvalue weighted by Gasteiger charge is -2.08. The van der Waals surface area contributed by atoms with Gasteiger partial charge in [-0.2, -0.15) is 0 Å². The van der Waals surface area contributed by atoms with Crippen LogP contribution in [0.4, 0.5) is 0 Å². The molecule has 0 saturated carbocycles. The van der Waals surface area contributed by atoms with Gasteiger partial charge < -0.3 is 9.57 Å². The summed E-state index contributed by atoms with van der Waals surface area (Å²) >= 11 is 5.81. The van der Waals surface area contributed by atoms with E-state index in [1.54, 1.807) is 7.11 Å². The molecule has 0 aromatic rings. The van der Waals surface area contributed by atoms with E-state index in [0.717, 1.165) is 12.1 Å². The number of halogens is 1. The Morgan fingerprint density at radius 1 is 1.91 bits per heavy atom. The van der Waals surface area contributed by atoms with Crippen molar-refractivity contribution in [2.75, 3.05) is 13.7 Å². The van der Waals surface area contributed by atoms with Crippen LogP contribution in [0.2, 0.25) is 0 Å². The van der Waals surface area contributed by atoms with Gasteiger partial charge in [-0.25, -0.2) is 0 Å². The van der Waals surface area contributed by atoms with E-state index >= 15 is 0 Å². The zero-order chi connectivity index (χ0) is 8.27. The van der Waals surface area contributed by atoms with Crippen molar-refractivity contribution in [2.45, 2.75) is 24.8 Å². The lowest BCUT2D eigenvalue weighted by Crippen LogP contribution is -2.19. The predicted molar refractivity (Wildman–Crippen MR) is 44.1 cm³/mol. The molecule has 1 heterocycles. The summed E-state index contributed by atoms with van der Waals surface area (Å²) in [6.07, 6.45) is 0.820. The van der Waals surface area contributed by atoms with Gasteiger partial charge >= 0.3 is 0 Å². The molecule has 64 valence electrons. The van der Waals surface area contributed by atoms with Crippen LogP contribution >= 0.6 is 11.6 Å². The number of ether oxygens (including phenoxy) is 1. The van der Waals surface area contributed by atoms with Crippen LogP contribution in [0.25, 0.3) is 0 Å². The van der Waals surface area contributed by atoms with E-state index in [0.29, 0.717) is 6.61 Å². The van der Waals surface area contributed by atoms with Gasteiger partial charge in [0.2, 0.25) is 0 Å². The van der Waals surface area contributed by atoms with Gasteiger partial charge in [0, 0.05) is 13.5 Å². The SMILES string of the molecule is COCC1=NOC(C(C)Cl)C1. The van der Waals surface area contributed by atoms with Crippen molar-refractivity contribution in [3.8, 4) is 0 Å². The molecule has 1 rings (SSSR count). The highest BCUT2D eigenvalue weighted by atomic mass is 35.5. The van der Waals surface area contributed by atoms with Gasteiger partial charge in [0.1, 0.15) is 6.10 Å². The fourth-order valence-electron chi connectivity index (χ4n) is 0.947. The highest BCUT2D eigenvalue weighted by Gasteiger charge is 2.24. The van der Waals surface area contributed by atoms with Crippen molar-refractivity contribution < 1.29 is 9.57 Å². The fraction of sp³-hybridized carbons (Fsp3) is 0.857. The molecule has 11 heavy (non-hydrogen) atoms. The number of rotatable bonds is 3. The largest absolute Gasteiger partial charge is 0.391 e. The maximum absolute atomic E-state index is 5.81. The Morgan fingerprint density at radius 3 is 3.09 bits per heavy atom. The maximum atomic E-state index is 5.81. The number of hydrogen-bond acceptors (Lipinski definition) is 3. The predicted octanol–water partition coefficient (Wildman–Crippen LogP) is 1.41. The molecule has 1 aliphatic rings. The number of hydrogen-bond donors (Lipinski definition) is 0. The molecule has 2 atom stereocenters. The zero-order valence-corrected chi connectivity index (χ0v) is 7.47. The number of methoxy groups -OCH3 is 1. The van der Waals surface area contributed by atoms with Crippen molar-refractivity contribution in [2.24, 2.45) is 5.16 Å². The summed E-state index contributed by atoms with van der Waals surface area (Å²) in [7, 11) is 1.64. The average molecular weight is 178 g/mol. The van der Waals surface area contributed by atoms with E-state index in [1.165, 1.54) is 0 Å². The molecule has 0 aliphatic carbocycles. The van der Waals surface area contributed by atoms with Crippen molar-refractivity contribution >= 4 is 17.3 Å². The quantitative estimate of drug-likeness (QED) is 0.611. The highest BCUT2D eigenvalue weighted by molar-refractivity contribution is 6.21. The third-order valence-electron chi connectivity index (χ3n) is 1.58. The van der Waals surface area contributed by atoms with Gasteiger partial charge in [-0.05, 0) is 6.92 Å². The second-order valence-electron chi connectivity index (χ2n) is 2.62. The molecule has 0 amide bonds. The molecule has 0 aromatic carbocycles. The second kappa shape index (κ2) is 3.93. The van der Waals surface area contributed by atoms with Crippen LogP contribution in [0.5, 0.6) is 0 Å². The molecular weight excluding hydrogens is 166 g/mol. The first-order valence-electron chi connectivity index (χ1n) is 3.58. The van der Waals surface area contributed by atoms with E-state index in [-0.39, 0.29) is 11.5 Å². The smallest absolute Gasteiger partial charge is 0.148 e. The summed E-state index contributed by atoms with van der Waals surface area (Å²) in [5.74, 6) is 0. The average Bonchev–Trinajstić information content (AvgIpc) is 2.37. The summed E-state index contributed by atoms with van der Waals surface area (Å²) in [5.41, 5.74) is 0.935. The van der Waals surface area contributed by atoms with Gasteiger partial charge in [-0.15, -0.1) is 11.6 Å². The van der Waals surface area contributed by atoms with Crippen LogP contribution in [-0.2, 0) is 9.57 Å². The lowest BCUT2D eigenvalue weighted by molar-refractivity contribution is 0.0853. The molecule has 0 aromatic heterocycles. The Hall–Kier alpha value is -0.280. The minimum Gasteiger partial charge on any atom is -0.391 e. The van der Waals surface area contributed by atoms with Crippen LogP contribution in [0, 0.1) is 0 Å². The Balaban J connectivity index is 2.31. The van der Waals surface area contributed by atoms with Gasteiger partial charge in [0.15, 0.2) is 0 Å². The topological polar surface area (TPSA) is 30.8 Å². The minimum absolute atomic E-state index is 0.00751. The number of nitrogens with zero attached hydrogens (tertiary/aromatic N) is 1. The molecule has 1 aliphatic heterocycles. The monoisotopic (exact) mass is 177 g/mol. The fourth-order valence-corrected chi connectivity index (χ4v) is 1.08. The minimum atomic E-state index is 0.00751. The van der Waals surface area contributed by atoms with E-state index in [9.17, 15) is 0 Å². The summed E-state index contributed by atoms with van der Waals surface area (Å²) in [6.45, 7) is 2.44. The molecule has 0 radical (unpaired) electrons. The van der Waals surface area contributed by atoms with Crippen LogP contribution < -0.4 is 0 Å². The van der Waals surface area contributed by atoms with E-state index in [4.69, 9.17) is 21.2 Å². The van der Waals surface area contributed by atoms with Gasteiger partial charge in [-0.1, -0.05) is 5.16 Å². The molecule has 0 spiro atoms. The summed E-state index contributed by atoms with van der Waals surface area (Å²) in [4.78, 5) is 5.06. The third kappa shape index (κ3) is 2.34. The molecule has 0 saturated heterocycles. The van der Waals surface area contributed by atoms with Gasteiger partial charge in [-0.3, -0.25) is 0 Å². The summed E-state index contributed by atoms with van der Waals surface area (Å²) in [6, 6.07) is 0. The first-order chi connectivity index (χ1) is 5.24. The molecule has 0 fully saturated rings. The van der Waals surface area contributed by atoms with Crippen LogP contribution in [-0.4, -0.2) is 30.9 Å². The number of alkyl halides is 1. The highest BCUT2D eigenvalue weighted by Crippen LogP contribution is 2.17. The summed E-state index contributed by atoms with van der Waals surface area (Å²) < 4.78 is 4.90. The second-order valence-corrected chi connectivity index (χ2v) is 3.30. The Bertz CT molecular complexity index is 159. The standard InChI is InChI=1S/C7H12ClNO2/c1-5(8)7-3-6(4-10-2)9-11-7/h5,7H,3-4H2,1-2H3. The number of oxime groups is 1. The Morgan fingerprint density at radius 2 is 2.64 bits per heavy atom. The molecular formula is C7H12ClNO2. The van der Waals surface area contributed by atoms with E-state index in [1.807, 2.05) is 6.92 Å². The van der Waals surface area contributed by atoms with Crippen LogP contribution in [0.15, 0.2) is 5.16 Å². The van der Waals surface area contributed by atoms with Gasteiger partial charge in [0.25, 0.3) is 0 Å². The Labute approximate surface area is 71.3 Å². The summed E-state index contributed by atoms with van der Waals surface area (Å²) in [5, 5.41) is 3.84. The van der Waals surface area contributed by atoms with Crippen molar-refractivity contribution in [1.29, 1.82) is 0 Å². The van der Waals surface area contributed by atoms with Crippen molar-refractivity contribution in [3.63, 3.8) is 0 Å². The third-order valence-corrected chi connectivity index (χ3v) is 1.86. The zero-order valence-electron chi connectivity index (χ0n) is 6.71.